The number of ether oxygens (including phenoxy) is 1. The fourth-order valence-corrected chi connectivity index (χ4v) is 2.35. The summed E-state index contributed by atoms with van der Waals surface area (Å²) in [5.41, 5.74) is 8.16. The van der Waals surface area contributed by atoms with Crippen LogP contribution >= 0.6 is 24.0 Å². The van der Waals surface area contributed by atoms with Gasteiger partial charge in [-0.25, -0.2) is 0 Å². The van der Waals surface area contributed by atoms with Crippen LogP contribution in [0.2, 0.25) is 5.02 Å². The van der Waals surface area contributed by atoms with Crippen LogP contribution in [0.3, 0.4) is 0 Å². The predicted molar refractivity (Wildman–Crippen MR) is 101 cm³/mol. The van der Waals surface area contributed by atoms with Crippen LogP contribution in [0.25, 0.3) is 0 Å². The summed E-state index contributed by atoms with van der Waals surface area (Å²) in [4.78, 5) is 11.7. The minimum Gasteiger partial charge on any atom is -0.489 e. The van der Waals surface area contributed by atoms with Crippen LogP contribution in [0.4, 0.5) is 5.69 Å². The molecule has 1 amide bonds. The van der Waals surface area contributed by atoms with Gasteiger partial charge >= 0.3 is 0 Å². The molecule has 0 aliphatic carbocycles. The largest absolute Gasteiger partial charge is 0.489 e. The van der Waals surface area contributed by atoms with Crippen LogP contribution in [0.15, 0.2) is 42.5 Å². The van der Waals surface area contributed by atoms with Crippen LogP contribution in [-0.2, 0) is 11.4 Å². The molecule has 0 unspecified atom stereocenters. The van der Waals surface area contributed by atoms with Gasteiger partial charge in [0.1, 0.15) is 12.4 Å². The van der Waals surface area contributed by atoms with Crippen molar-refractivity contribution in [2.75, 3.05) is 11.9 Å². The summed E-state index contributed by atoms with van der Waals surface area (Å²) in [6.45, 7) is 2.90. The molecule has 0 bridgehead atoms. The Morgan fingerprint density at radius 3 is 2.71 bits per heavy atom. The molecule has 0 aliphatic rings. The molecule has 4 nitrogen and oxygen atoms in total. The third-order valence-corrected chi connectivity index (χ3v) is 3.61. The lowest BCUT2D eigenvalue weighted by Crippen LogP contribution is -2.14. The van der Waals surface area contributed by atoms with Crippen molar-refractivity contribution in [3.63, 3.8) is 0 Å². The highest BCUT2D eigenvalue weighted by Gasteiger charge is 2.06. The van der Waals surface area contributed by atoms with Gasteiger partial charge in [0, 0.05) is 17.1 Å². The number of rotatable bonds is 7. The molecular formula is C18H22Cl2N2O2. The van der Waals surface area contributed by atoms with E-state index in [2.05, 4.69) is 5.32 Å². The predicted octanol–water partition coefficient (Wildman–Crippen LogP) is 4.33. The zero-order valence-corrected chi connectivity index (χ0v) is 15.1. The number of carbonyl (C=O) groups is 1. The van der Waals surface area contributed by atoms with Gasteiger partial charge in [0.25, 0.3) is 0 Å². The van der Waals surface area contributed by atoms with Crippen LogP contribution in [0.5, 0.6) is 5.75 Å². The Kier molecular flexibility index (Phi) is 8.61. The van der Waals surface area contributed by atoms with Crippen LogP contribution in [0, 0.1) is 6.92 Å². The summed E-state index contributed by atoms with van der Waals surface area (Å²) in [5, 5.41) is 3.58. The van der Waals surface area contributed by atoms with Crippen molar-refractivity contribution >= 4 is 35.6 Å². The number of benzene rings is 2. The van der Waals surface area contributed by atoms with Gasteiger partial charge in [-0.05, 0) is 61.3 Å². The summed E-state index contributed by atoms with van der Waals surface area (Å²) < 4.78 is 5.76. The quantitative estimate of drug-likeness (QED) is 0.764. The first kappa shape index (κ1) is 20.3. The lowest BCUT2D eigenvalue weighted by Gasteiger charge is -2.11. The van der Waals surface area contributed by atoms with Crippen molar-refractivity contribution in [2.45, 2.75) is 26.4 Å². The summed E-state index contributed by atoms with van der Waals surface area (Å²) in [6.07, 6.45) is 1.12. The third-order valence-electron chi connectivity index (χ3n) is 3.37. The molecule has 6 heteroatoms. The van der Waals surface area contributed by atoms with Crippen LogP contribution in [0.1, 0.15) is 24.0 Å². The number of amides is 1. The second-order valence-corrected chi connectivity index (χ2v) is 5.77. The number of carbonyl (C=O) groups excluding carboxylic acids is 1. The van der Waals surface area contributed by atoms with E-state index in [1.807, 2.05) is 49.4 Å². The molecule has 0 heterocycles. The first-order chi connectivity index (χ1) is 11.1. The van der Waals surface area contributed by atoms with E-state index in [0.29, 0.717) is 31.0 Å². The van der Waals surface area contributed by atoms with Gasteiger partial charge in [-0.2, -0.15) is 0 Å². The maximum Gasteiger partial charge on any atom is 0.224 e. The van der Waals surface area contributed by atoms with Crippen molar-refractivity contribution < 1.29 is 9.53 Å². The van der Waals surface area contributed by atoms with E-state index < -0.39 is 0 Å². The number of hydrogen-bond acceptors (Lipinski definition) is 3. The van der Waals surface area contributed by atoms with Crippen molar-refractivity contribution in [1.82, 2.24) is 0 Å². The Labute approximate surface area is 153 Å². The molecule has 0 spiro atoms. The average Bonchev–Trinajstić information content (AvgIpc) is 2.53. The Morgan fingerprint density at radius 2 is 2.04 bits per heavy atom. The highest BCUT2D eigenvalue weighted by molar-refractivity contribution is 6.30. The van der Waals surface area contributed by atoms with Gasteiger partial charge in [-0.3, -0.25) is 4.79 Å². The standard InChI is InChI=1S/C18H21ClN2O2.ClH/c1-13-10-16(23-12-14-4-2-5-15(19)11-14)7-8-17(13)21-18(22)6-3-9-20;/h2,4-5,7-8,10-11H,3,6,9,12,20H2,1H3,(H,21,22);1H. The summed E-state index contributed by atoms with van der Waals surface area (Å²) in [6, 6.07) is 13.2. The molecule has 0 aromatic heterocycles. The third kappa shape index (κ3) is 6.40. The zero-order valence-electron chi connectivity index (χ0n) is 13.5. The molecule has 0 saturated heterocycles. The molecule has 3 N–H and O–H groups in total. The van der Waals surface area contributed by atoms with E-state index in [4.69, 9.17) is 22.1 Å². The van der Waals surface area contributed by atoms with Crippen LogP contribution < -0.4 is 15.8 Å². The normalized spacial score (nSPS) is 9.96. The van der Waals surface area contributed by atoms with E-state index in [9.17, 15) is 4.79 Å². The lowest BCUT2D eigenvalue weighted by atomic mass is 10.1. The molecule has 2 aromatic carbocycles. The maximum absolute atomic E-state index is 11.7. The molecule has 24 heavy (non-hydrogen) atoms. The molecule has 0 saturated carbocycles. The first-order valence-corrected chi connectivity index (χ1v) is 7.94. The second kappa shape index (κ2) is 10.2. The van der Waals surface area contributed by atoms with Crippen molar-refractivity contribution in [3.05, 3.63) is 58.6 Å². The van der Waals surface area contributed by atoms with Gasteiger partial charge in [0.05, 0.1) is 0 Å². The molecule has 2 aromatic rings. The van der Waals surface area contributed by atoms with Gasteiger partial charge in [0.2, 0.25) is 5.91 Å². The molecule has 0 atom stereocenters. The number of hydrogen-bond donors (Lipinski definition) is 2. The van der Waals surface area contributed by atoms with Gasteiger partial charge in [-0.15, -0.1) is 12.4 Å². The van der Waals surface area contributed by atoms with Crippen molar-refractivity contribution in [3.8, 4) is 5.75 Å². The SMILES string of the molecule is Cc1cc(OCc2cccc(Cl)c2)ccc1NC(=O)CCCN.Cl. The first-order valence-electron chi connectivity index (χ1n) is 7.56. The molecule has 0 aliphatic heterocycles. The summed E-state index contributed by atoms with van der Waals surface area (Å²) in [7, 11) is 0. The Bertz CT molecular complexity index is 678. The zero-order chi connectivity index (χ0) is 16.7. The molecule has 130 valence electrons. The number of aryl methyl sites for hydroxylation is 1. The smallest absolute Gasteiger partial charge is 0.224 e. The van der Waals surface area contributed by atoms with Gasteiger partial charge < -0.3 is 15.8 Å². The van der Waals surface area contributed by atoms with E-state index >= 15 is 0 Å². The minimum atomic E-state index is -0.0221. The topological polar surface area (TPSA) is 64.3 Å². The average molecular weight is 369 g/mol. The highest BCUT2D eigenvalue weighted by Crippen LogP contribution is 2.23. The van der Waals surface area contributed by atoms with Gasteiger partial charge in [-0.1, -0.05) is 23.7 Å². The lowest BCUT2D eigenvalue weighted by molar-refractivity contribution is -0.116. The minimum absolute atomic E-state index is 0. The van der Waals surface area contributed by atoms with E-state index in [1.165, 1.54) is 0 Å². The van der Waals surface area contributed by atoms with E-state index in [1.54, 1.807) is 0 Å². The molecule has 2 rings (SSSR count). The van der Waals surface area contributed by atoms with Crippen molar-refractivity contribution in [1.29, 1.82) is 0 Å². The van der Waals surface area contributed by atoms with Crippen LogP contribution in [-0.4, -0.2) is 12.5 Å². The second-order valence-electron chi connectivity index (χ2n) is 5.34. The number of nitrogens with one attached hydrogen (secondary N) is 1. The Morgan fingerprint density at radius 1 is 1.25 bits per heavy atom. The van der Waals surface area contributed by atoms with Crippen molar-refractivity contribution in [2.24, 2.45) is 5.73 Å². The number of halogens is 2. The Hall–Kier alpha value is -1.75. The maximum atomic E-state index is 11.7. The molecular weight excluding hydrogens is 347 g/mol. The number of anilines is 1. The fourth-order valence-electron chi connectivity index (χ4n) is 2.13. The monoisotopic (exact) mass is 368 g/mol. The summed E-state index contributed by atoms with van der Waals surface area (Å²) >= 11 is 5.95. The molecule has 0 radical (unpaired) electrons. The number of nitrogens with two attached hydrogens (primary N) is 1. The van der Waals surface area contributed by atoms with E-state index in [0.717, 1.165) is 22.6 Å². The van der Waals surface area contributed by atoms with E-state index in [-0.39, 0.29) is 18.3 Å². The molecule has 0 fully saturated rings. The fraction of sp³-hybridized carbons (Fsp3) is 0.278. The highest BCUT2D eigenvalue weighted by atomic mass is 35.5. The Balaban J connectivity index is 0.00000288. The van der Waals surface area contributed by atoms with Gasteiger partial charge in [0.15, 0.2) is 0 Å². The summed E-state index contributed by atoms with van der Waals surface area (Å²) in [5.74, 6) is 0.730.